The molecule has 1 aromatic rings. The fraction of sp³-hybridized carbons (Fsp3) is 0.667. The molecule has 0 saturated carbocycles. The second-order valence-corrected chi connectivity index (χ2v) is 7.86. The molecule has 6 heteroatoms. The van der Waals surface area contributed by atoms with Crippen molar-refractivity contribution < 1.29 is 8.42 Å². The lowest BCUT2D eigenvalue weighted by Crippen LogP contribution is -2.42. The average molecular weight is 290 g/mol. The van der Waals surface area contributed by atoms with E-state index in [9.17, 15) is 8.42 Å². The second-order valence-electron chi connectivity index (χ2n) is 5.04. The van der Waals surface area contributed by atoms with Gasteiger partial charge in [-0.3, -0.25) is 0 Å². The molecule has 0 fully saturated rings. The third kappa shape index (κ3) is 4.35. The molecule has 0 saturated heterocycles. The van der Waals surface area contributed by atoms with Crippen LogP contribution in [0.4, 0.5) is 0 Å². The van der Waals surface area contributed by atoms with Gasteiger partial charge in [0.1, 0.15) is 4.21 Å². The predicted octanol–water partition coefficient (Wildman–Crippen LogP) is 2.32. The normalized spacial score (nSPS) is 12.9. The Morgan fingerprint density at radius 2 is 2.06 bits per heavy atom. The second kappa shape index (κ2) is 6.14. The first-order valence-corrected chi connectivity index (χ1v) is 8.43. The third-order valence-electron chi connectivity index (χ3n) is 2.56. The van der Waals surface area contributed by atoms with Crippen molar-refractivity contribution in [3.8, 4) is 0 Å². The lowest BCUT2D eigenvalue weighted by atomic mass is 10.0. The van der Waals surface area contributed by atoms with Gasteiger partial charge >= 0.3 is 0 Å². The molecule has 0 radical (unpaired) electrons. The van der Waals surface area contributed by atoms with Crippen LogP contribution in [0.15, 0.2) is 15.7 Å². The van der Waals surface area contributed by atoms with Crippen molar-refractivity contribution in [1.82, 2.24) is 10.0 Å². The summed E-state index contributed by atoms with van der Waals surface area (Å²) in [6.07, 6.45) is 1.77. The van der Waals surface area contributed by atoms with Gasteiger partial charge in [0.05, 0.1) is 0 Å². The molecule has 0 unspecified atom stereocenters. The van der Waals surface area contributed by atoms with E-state index >= 15 is 0 Å². The van der Waals surface area contributed by atoms with E-state index in [1.165, 1.54) is 11.3 Å². The van der Waals surface area contributed by atoms with Gasteiger partial charge < -0.3 is 5.32 Å². The van der Waals surface area contributed by atoms with Crippen molar-refractivity contribution in [3.05, 3.63) is 17.0 Å². The van der Waals surface area contributed by atoms with Crippen molar-refractivity contribution >= 4 is 21.4 Å². The summed E-state index contributed by atoms with van der Waals surface area (Å²) in [7, 11) is -1.56. The number of nitrogens with one attached hydrogen (secondary N) is 2. The molecule has 0 aromatic carbocycles. The summed E-state index contributed by atoms with van der Waals surface area (Å²) in [5.74, 6) is 0. The molecule has 0 aliphatic carbocycles. The monoisotopic (exact) mass is 290 g/mol. The highest BCUT2D eigenvalue weighted by molar-refractivity contribution is 7.91. The minimum absolute atomic E-state index is 0.386. The van der Waals surface area contributed by atoms with Crippen LogP contribution in [0.3, 0.4) is 0 Å². The zero-order chi connectivity index (χ0) is 13.8. The van der Waals surface area contributed by atoms with Gasteiger partial charge in [-0.2, -0.15) is 0 Å². The van der Waals surface area contributed by atoms with E-state index < -0.39 is 15.6 Å². The number of thiophene rings is 1. The van der Waals surface area contributed by atoms with E-state index in [1.807, 2.05) is 33.2 Å². The van der Waals surface area contributed by atoms with Gasteiger partial charge in [-0.25, -0.2) is 13.1 Å². The van der Waals surface area contributed by atoms with Gasteiger partial charge in [0.2, 0.25) is 0 Å². The number of rotatable bonds is 7. The number of sulfonamides is 1. The summed E-state index contributed by atoms with van der Waals surface area (Å²) in [6, 6.07) is 1.73. The van der Waals surface area contributed by atoms with Crippen LogP contribution in [0, 0.1) is 0 Å². The molecule has 0 bridgehead atoms. The summed E-state index contributed by atoms with van der Waals surface area (Å²) in [6.45, 7) is 6.56. The first-order chi connectivity index (χ1) is 8.30. The Hall–Kier alpha value is -0.430. The van der Waals surface area contributed by atoms with E-state index in [2.05, 4.69) is 10.0 Å². The van der Waals surface area contributed by atoms with E-state index in [-0.39, 0.29) is 0 Å². The molecular weight excluding hydrogens is 268 g/mol. The molecule has 104 valence electrons. The minimum Gasteiger partial charge on any atom is -0.316 e. The Balaban J connectivity index is 2.85. The van der Waals surface area contributed by atoms with Crippen LogP contribution in [0.2, 0.25) is 0 Å². The minimum atomic E-state index is -3.40. The number of hydrogen-bond donors (Lipinski definition) is 2. The highest BCUT2D eigenvalue weighted by Crippen LogP contribution is 2.23. The highest BCUT2D eigenvalue weighted by Gasteiger charge is 2.26. The lowest BCUT2D eigenvalue weighted by Gasteiger charge is -2.24. The lowest BCUT2D eigenvalue weighted by molar-refractivity contribution is 0.418. The molecule has 0 spiro atoms. The molecule has 1 heterocycles. The Labute approximate surface area is 114 Å². The van der Waals surface area contributed by atoms with Crippen LogP contribution in [0.25, 0.3) is 0 Å². The van der Waals surface area contributed by atoms with Gasteiger partial charge in [-0.1, -0.05) is 13.3 Å². The molecule has 4 nitrogen and oxygen atoms in total. The first kappa shape index (κ1) is 15.6. The van der Waals surface area contributed by atoms with Crippen LogP contribution in [-0.2, 0) is 16.6 Å². The summed E-state index contributed by atoms with van der Waals surface area (Å²) in [5.41, 5.74) is 0.594. The van der Waals surface area contributed by atoms with Crippen LogP contribution in [0.5, 0.6) is 0 Å². The Morgan fingerprint density at radius 3 is 2.61 bits per heavy atom. The third-order valence-corrected chi connectivity index (χ3v) is 5.75. The van der Waals surface area contributed by atoms with Crippen molar-refractivity contribution in [1.29, 1.82) is 0 Å². The highest BCUT2D eigenvalue weighted by atomic mass is 32.2. The smallest absolute Gasteiger partial charge is 0.250 e. The molecule has 1 aromatic heterocycles. The van der Waals surface area contributed by atoms with Crippen LogP contribution in [0.1, 0.15) is 39.2 Å². The maximum absolute atomic E-state index is 12.2. The molecule has 0 amide bonds. The zero-order valence-corrected chi connectivity index (χ0v) is 13.0. The van der Waals surface area contributed by atoms with Gasteiger partial charge in [0.25, 0.3) is 10.0 Å². The maximum atomic E-state index is 12.2. The van der Waals surface area contributed by atoms with Gasteiger partial charge in [0.15, 0.2) is 0 Å². The Kier molecular flexibility index (Phi) is 5.33. The summed E-state index contributed by atoms with van der Waals surface area (Å²) < 4.78 is 27.6. The van der Waals surface area contributed by atoms with Gasteiger partial charge in [-0.05, 0) is 44.3 Å². The van der Waals surface area contributed by atoms with E-state index in [4.69, 9.17) is 0 Å². The van der Waals surface area contributed by atoms with Crippen molar-refractivity contribution in [2.24, 2.45) is 0 Å². The molecule has 18 heavy (non-hydrogen) atoms. The topological polar surface area (TPSA) is 58.2 Å². The Bertz CT molecular complexity index is 478. The Morgan fingerprint density at radius 1 is 1.39 bits per heavy atom. The molecule has 0 aliphatic rings. The molecule has 2 N–H and O–H groups in total. The van der Waals surface area contributed by atoms with Crippen LogP contribution >= 0.6 is 11.3 Å². The largest absolute Gasteiger partial charge is 0.316 e. The SMILES string of the molecule is CCCC(C)(C)NS(=O)(=O)c1cc(CNC)cs1. The maximum Gasteiger partial charge on any atom is 0.250 e. The van der Waals surface area contributed by atoms with E-state index in [0.29, 0.717) is 10.8 Å². The van der Waals surface area contributed by atoms with Crippen LogP contribution in [-0.4, -0.2) is 21.0 Å². The summed E-state index contributed by atoms with van der Waals surface area (Å²) in [5, 5.41) is 4.88. The summed E-state index contributed by atoms with van der Waals surface area (Å²) in [4.78, 5) is 0. The van der Waals surface area contributed by atoms with Crippen molar-refractivity contribution in [3.63, 3.8) is 0 Å². The van der Waals surface area contributed by atoms with Gasteiger partial charge in [-0.15, -0.1) is 11.3 Å². The summed E-state index contributed by atoms with van der Waals surface area (Å²) >= 11 is 1.26. The molecular formula is C12H22N2O2S2. The van der Waals surface area contributed by atoms with E-state index in [0.717, 1.165) is 18.4 Å². The molecule has 1 rings (SSSR count). The first-order valence-electron chi connectivity index (χ1n) is 6.07. The van der Waals surface area contributed by atoms with Crippen LogP contribution < -0.4 is 10.0 Å². The zero-order valence-electron chi connectivity index (χ0n) is 11.4. The quantitative estimate of drug-likeness (QED) is 0.810. The fourth-order valence-electron chi connectivity index (χ4n) is 1.88. The average Bonchev–Trinajstić information content (AvgIpc) is 2.65. The fourth-order valence-corrected chi connectivity index (χ4v) is 4.53. The molecule has 0 atom stereocenters. The number of hydrogen-bond acceptors (Lipinski definition) is 4. The standard InChI is InChI=1S/C12H22N2O2S2/c1-5-6-12(2,3)14-18(15,16)11-7-10(8-13-4)9-17-11/h7,9,13-14H,5-6,8H2,1-4H3. The van der Waals surface area contributed by atoms with Crippen molar-refractivity contribution in [2.75, 3.05) is 7.05 Å². The van der Waals surface area contributed by atoms with Crippen molar-refractivity contribution in [2.45, 2.75) is 49.9 Å². The van der Waals surface area contributed by atoms with E-state index in [1.54, 1.807) is 6.07 Å². The van der Waals surface area contributed by atoms with Gasteiger partial charge in [0, 0.05) is 12.1 Å². The predicted molar refractivity (Wildman–Crippen MR) is 76.4 cm³/mol. The molecule has 0 aliphatic heterocycles.